The van der Waals surface area contributed by atoms with Crippen LogP contribution < -0.4 is 0 Å². The van der Waals surface area contributed by atoms with E-state index in [1.807, 2.05) is 24.3 Å². The van der Waals surface area contributed by atoms with Gasteiger partial charge in [0.05, 0.1) is 12.7 Å². The van der Waals surface area contributed by atoms with Crippen LogP contribution in [0.5, 0.6) is 0 Å². The Morgan fingerprint density at radius 2 is 1.60 bits per heavy atom. The van der Waals surface area contributed by atoms with Crippen LogP contribution in [0.2, 0.25) is 0 Å². The first-order valence-electron chi connectivity index (χ1n) is 6.07. The number of halogens is 1. The van der Waals surface area contributed by atoms with Gasteiger partial charge in [-0.3, -0.25) is 4.79 Å². The highest BCUT2D eigenvalue weighted by atomic mass is 79.9. The number of esters is 1. The van der Waals surface area contributed by atoms with Gasteiger partial charge in [-0.15, -0.1) is 0 Å². The predicted octanol–water partition coefficient (Wildman–Crippen LogP) is 3.66. The van der Waals surface area contributed by atoms with Crippen LogP contribution in [0.1, 0.15) is 26.3 Å². The first-order chi connectivity index (χ1) is 9.61. The van der Waals surface area contributed by atoms with Crippen LogP contribution in [0.25, 0.3) is 0 Å². The van der Waals surface area contributed by atoms with Crippen molar-refractivity contribution in [2.75, 3.05) is 7.11 Å². The smallest absolute Gasteiger partial charge is 0.338 e. The molecule has 20 heavy (non-hydrogen) atoms. The Labute approximate surface area is 125 Å². The molecule has 0 amide bonds. The fraction of sp³-hybridized carbons (Fsp3) is 0.125. The molecule has 0 bridgehead atoms. The second-order valence-electron chi connectivity index (χ2n) is 4.26. The van der Waals surface area contributed by atoms with Gasteiger partial charge in [0.15, 0.2) is 5.78 Å². The van der Waals surface area contributed by atoms with E-state index in [0.717, 1.165) is 10.0 Å². The summed E-state index contributed by atoms with van der Waals surface area (Å²) in [5.74, 6) is -0.599. The van der Waals surface area contributed by atoms with Gasteiger partial charge in [-0.05, 0) is 23.8 Å². The first kappa shape index (κ1) is 14.5. The average molecular weight is 333 g/mol. The normalized spacial score (nSPS) is 10.1. The molecule has 0 atom stereocenters. The molecule has 0 N–H and O–H groups in total. The first-order valence-corrected chi connectivity index (χ1v) is 6.86. The SMILES string of the molecule is COC(=O)c1ccccc1C(=O)Cc1ccc(Br)cc1. The highest BCUT2D eigenvalue weighted by molar-refractivity contribution is 9.10. The quantitative estimate of drug-likeness (QED) is 0.633. The van der Waals surface area contributed by atoms with E-state index in [-0.39, 0.29) is 12.2 Å². The van der Waals surface area contributed by atoms with Crippen LogP contribution in [-0.2, 0) is 11.2 Å². The van der Waals surface area contributed by atoms with Crippen LogP contribution in [0.4, 0.5) is 0 Å². The van der Waals surface area contributed by atoms with Crippen molar-refractivity contribution < 1.29 is 14.3 Å². The number of rotatable bonds is 4. The van der Waals surface area contributed by atoms with Crippen LogP contribution in [0, 0.1) is 0 Å². The molecule has 0 heterocycles. The summed E-state index contributed by atoms with van der Waals surface area (Å²) in [5, 5.41) is 0. The van der Waals surface area contributed by atoms with Gasteiger partial charge >= 0.3 is 5.97 Å². The Morgan fingerprint density at radius 3 is 2.20 bits per heavy atom. The number of benzene rings is 2. The maximum absolute atomic E-state index is 12.3. The van der Waals surface area contributed by atoms with E-state index < -0.39 is 5.97 Å². The molecule has 0 aliphatic heterocycles. The fourth-order valence-corrected chi connectivity index (χ4v) is 2.16. The number of carbonyl (C=O) groups is 2. The van der Waals surface area contributed by atoms with Gasteiger partial charge in [0, 0.05) is 16.5 Å². The Kier molecular flexibility index (Phi) is 4.69. The number of ether oxygens (including phenoxy) is 1. The van der Waals surface area contributed by atoms with Gasteiger partial charge in [-0.1, -0.05) is 46.3 Å². The zero-order valence-corrected chi connectivity index (χ0v) is 12.5. The molecular weight excluding hydrogens is 320 g/mol. The number of carbonyl (C=O) groups excluding carboxylic acids is 2. The molecule has 0 radical (unpaired) electrons. The third-order valence-corrected chi connectivity index (χ3v) is 3.44. The van der Waals surface area contributed by atoms with Gasteiger partial charge in [-0.25, -0.2) is 4.79 Å². The largest absolute Gasteiger partial charge is 0.465 e. The number of hydrogen-bond acceptors (Lipinski definition) is 3. The number of ketones is 1. The Morgan fingerprint density at radius 1 is 1.00 bits per heavy atom. The van der Waals surface area contributed by atoms with E-state index in [0.29, 0.717) is 11.1 Å². The van der Waals surface area contributed by atoms with Gasteiger partial charge in [-0.2, -0.15) is 0 Å². The van der Waals surface area contributed by atoms with Gasteiger partial charge in [0.1, 0.15) is 0 Å². The van der Waals surface area contributed by atoms with E-state index >= 15 is 0 Å². The maximum atomic E-state index is 12.3. The zero-order valence-electron chi connectivity index (χ0n) is 10.9. The summed E-state index contributed by atoms with van der Waals surface area (Å²) >= 11 is 3.35. The molecule has 0 saturated carbocycles. The van der Waals surface area contributed by atoms with E-state index in [1.54, 1.807) is 24.3 Å². The molecule has 2 aromatic rings. The Hall–Kier alpha value is -1.94. The summed E-state index contributed by atoms with van der Waals surface area (Å²) in [6, 6.07) is 14.2. The minimum Gasteiger partial charge on any atom is -0.465 e. The molecule has 0 spiro atoms. The van der Waals surface area contributed by atoms with Crippen molar-refractivity contribution in [3.8, 4) is 0 Å². The Bertz CT molecular complexity index is 632. The fourth-order valence-electron chi connectivity index (χ4n) is 1.90. The van der Waals surface area contributed by atoms with Gasteiger partial charge in [0.2, 0.25) is 0 Å². The van der Waals surface area contributed by atoms with Crippen molar-refractivity contribution in [2.45, 2.75) is 6.42 Å². The third-order valence-electron chi connectivity index (χ3n) is 2.91. The molecule has 102 valence electrons. The highest BCUT2D eigenvalue weighted by Crippen LogP contribution is 2.16. The van der Waals surface area contributed by atoms with E-state index in [9.17, 15) is 9.59 Å². The van der Waals surface area contributed by atoms with Crippen molar-refractivity contribution in [3.05, 3.63) is 69.7 Å². The van der Waals surface area contributed by atoms with Crippen LogP contribution in [0.15, 0.2) is 53.0 Å². The lowest BCUT2D eigenvalue weighted by atomic mass is 9.98. The molecular formula is C16H13BrO3. The van der Waals surface area contributed by atoms with Crippen LogP contribution in [-0.4, -0.2) is 18.9 Å². The van der Waals surface area contributed by atoms with Crippen molar-refractivity contribution >= 4 is 27.7 Å². The number of Topliss-reactive ketones (excluding diaryl/α,β-unsaturated/α-hetero) is 1. The summed E-state index contributed by atoms with van der Waals surface area (Å²) in [5.41, 5.74) is 1.59. The number of methoxy groups -OCH3 is 1. The minimum absolute atomic E-state index is 0.103. The van der Waals surface area contributed by atoms with E-state index in [1.165, 1.54) is 7.11 Å². The van der Waals surface area contributed by atoms with E-state index in [4.69, 9.17) is 4.74 Å². The summed E-state index contributed by atoms with van der Waals surface area (Å²) in [7, 11) is 1.30. The van der Waals surface area contributed by atoms with Crippen molar-refractivity contribution in [1.82, 2.24) is 0 Å². The predicted molar refractivity (Wildman–Crippen MR) is 80.0 cm³/mol. The molecule has 0 aliphatic rings. The third kappa shape index (κ3) is 3.33. The molecule has 0 aliphatic carbocycles. The lowest BCUT2D eigenvalue weighted by Crippen LogP contribution is -2.12. The Balaban J connectivity index is 2.25. The average Bonchev–Trinajstić information content (AvgIpc) is 2.48. The van der Waals surface area contributed by atoms with Gasteiger partial charge < -0.3 is 4.74 Å². The summed E-state index contributed by atoms with van der Waals surface area (Å²) in [6.07, 6.45) is 0.251. The van der Waals surface area contributed by atoms with Crippen LogP contribution in [0.3, 0.4) is 0 Å². The molecule has 0 unspecified atom stereocenters. The standard InChI is InChI=1S/C16H13BrO3/c1-20-16(19)14-5-3-2-4-13(14)15(18)10-11-6-8-12(17)9-7-11/h2-9H,10H2,1H3. The molecule has 0 fully saturated rings. The van der Waals surface area contributed by atoms with Gasteiger partial charge in [0.25, 0.3) is 0 Å². The summed E-state index contributed by atoms with van der Waals surface area (Å²) in [6.45, 7) is 0. The second kappa shape index (κ2) is 6.48. The topological polar surface area (TPSA) is 43.4 Å². The molecule has 2 aromatic carbocycles. The van der Waals surface area contributed by atoms with Crippen molar-refractivity contribution in [1.29, 1.82) is 0 Å². The maximum Gasteiger partial charge on any atom is 0.338 e. The summed E-state index contributed by atoms with van der Waals surface area (Å²) < 4.78 is 5.66. The lowest BCUT2D eigenvalue weighted by Gasteiger charge is -2.07. The molecule has 3 nitrogen and oxygen atoms in total. The lowest BCUT2D eigenvalue weighted by molar-refractivity contribution is 0.0597. The zero-order chi connectivity index (χ0) is 14.5. The monoisotopic (exact) mass is 332 g/mol. The second-order valence-corrected chi connectivity index (χ2v) is 5.18. The molecule has 2 rings (SSSR count). The minimum atomic E-state index is -0.496. The van der Waals surface area contributed by atoms with E-state index in [2.05, 4.69) is 15.9 Å². The molecule has 4 heteroatoms. The number of hydrogen-bond donors (Lipinski definition) is 0. The van der Waals surface area contributed by atoms with Crippen molar-refractivity contribution in [3.63, 3.8) is 0 Å². The molecule has 0 aromatic heterocycles. The van der Waals surface area contributed by atoms with Crippen LogP contribution >= 0.6 is 15.9 Å². The molecule has 0 saturated heterocycles. The van der Waals surface area contributed by atoms with Crippen molar-refractivity contribution in [2.24, 2.45) is 0 Å². The summed E-state index contributed by atoms with van der Waals surface area (Å²) in [4.78, 5) is 24.0. The highest BCUT2D eigenvalue weighted by Gasteiger charge is 2.17.